The molecule has 2 aromatic rings. The molecule has 1 aromatic carbocycles. The van der Waals surface area contributed by atoms with Crippen molar-refractivity contribution in [3.8, 4) is 11.5 Å². The van der Waals surface area contributed by atoms with E-state index in [1.165, 1.54) is 9.75 Å². The first kappa shape index (κ1) is 16.2. The van der Waals surface area contributed by atoms with Gasteiger partial charge in [0, 0.05) is 21.4 Å². The zero-order valence-corrected chi connectivity index (χ0v) is 14.1. The van der Waals surface area contributed by atoms with E-state index in [0.29, 0.717) is 19.1 Å². The second-order valence-electron chi connectivity index (χ2n) is 4.76. The minimum absolute atomic E-state index is 0.439. The fourth-order valence-electron chi connectivity index (χ4n) is 1.93. The smallest absolute Gasteiger partial charge is 0.127 e. The average molecular weight is 325 g/mol. The predicted octanol–water partition coefficient (Wildman–Crippen LogP) is 5.42. The highest BCUT2D eigenvalue weighted by atomic mass is 35.5. The summed E-state index contributed by atoms with van der Waals surface area (Å²) in [5.41, 5.74) is 0.993. The van der Waals surface area contributed by atoms with Crippen LogP contribution in [0.3, 0.4) is 0 Å². The lowest BCUT2D eigenvalue weighted by Crippen LogP contribution is -1.99. The third kappa shape index (κ3) is 4.65. The third-order valence-corrected chi connectivity index (χ3v) is 4.58. The van der Waals surface area contributed by atoms with Gasteiger partial charge in [-0.15, -0.1) is 22.9 Å². The molecule has 0 bridgehead atoms. The van der Waals surface area contributed by atoms with E-state index in [-0.39, 0.29) is 0 Å². The number of ether oxygens (including phenoxy) is 2. The van der Waals surface area contributed by atoms with Crippen LogP contribution in [0.1, 0.15) is 35.6 Å². The van der Waals surface area contributed by atoms with Gasteiger partial charge >= 0.3 is 0 Å². The van der Waals surface area contributed by atoms with Crippen LogP contribution in [0.25, 0.3) is 0 Å². The van der Waals surface area contributed by atoms with Crippen LogP contribution in [-0.2, 0) is 18.9 Å². The van der Waals surface area contributed by atoms with E-state index < -0.39 is 0 Å². The van der Waals surface area contributed by atoms with Crippen LogP contribution in [0.15, 0.2) is 30.3 Å². The largest absolute Gasteiger partial charge is 0.493 e. The molecule has 2 rings (SSSR count). The highest BCUT2D eigenvalue weighted by molar-refractivity contribution is 7.11. The topological polar surface area (TPSA) is 18.5 Å². The summed E-state index contributed by atoms with van der Waals surface area (Å²) in [5, 5.41) is 0. The van der Waals surface area contributed by atoms with Gasteiger partial charge in [-0.1, -0.05) is 19.9 Å². The summed E-state index contributed by atoms with van der Waals surface area (Å²) in [6.07, 6.45) is 2.06. The Morgan fingerprint density at radius 3 is 2.52 bits per heavy atom. The van der Waals surface area contributed by atoms with Crippen molar-refractivity contribution in [3.63, 3.8) is 0 Å². The summed E-state index contributed by atoms with van der Waals surface area (Å²) in [6.45, 7) is 5.54. The highest BCUT2D eigenvalue weighted by Gasteiger charge is 2.07. The van der Waals surface area contributed by atoms with Gasteiger partial charge in [0.05, 0.1) is 12.5 Å². The monoisotopic (exact) mass is 324 g/mol. The molecule has 0 amide bonds. The number of alkyl halides is 1. The van der Waals surface area contributed by atoms with Crippen molar-refractivity contribution in [3.05, 3.63) is 45.6 Å². The Bertz CT molecular complexity index is 566. The molecular weight excluding hydrogens is 304 g/mol. The van der Waals surface area contributed by atoms with Crippen LogP contribution in [0.4, 0.5) is 0 Å². The first-order chi connectivity index (χ1) is 10.3. The molecule has 0 aliphatic carbocycles. The van der Waals surface area contributed by atoms with Crippen LogP contribution < -0.4 is 9.47 Å². The first-order valence-electron chi connectivity index (χ1n) is 7.28. The van der Waals surface area contributed by atoms with E-state index in [0.717, 1.165) is 29.9 Å². The van der Waals surface area contributed by atoms with Gasteiger partial charge in [0.1, 0.15) is 18.1 Å². The van der Waals surface area contributed by atoms with Crippen molar-refractivity contribution in [1.82, 2.24) is 0 Å². The van der Waals surface area contributed by atoms with Gasteiger partial charge in [0.25, 0.3) is 0 Å². The van der Waals surface area contributed by atoms with Gasteiger partial charge in [-0.2, -0.15) is 0 Å². The minimum atomic E-state index is 0.439. The summed E-state index contributed by atoms with van der Waals surface area (Å²) in [7, 11) is 0. The number of aryl methyl sites for hydroxylation is 1. The molecule has 21 heavy (non-hydrogen) atoms. The summed E-state index contributed by atoms with van der Waals surface area (Å²) in [6, 6.07) is 10.1. The number of benzene rings is 1. The van der Waals surface area contributed by atoms with Crippen molar-refractivity contribution in [1.29, 1.82) is 0 Å². The predicted molar refractivity (Wildman–Crippen MR) is 89.8 cm³/mol. The molecule has 0 radical (unpaired) electrons. The number of thiophene rings is 1. The zero-order valence-electron chi connectivity index (χ0n) is 12.5. The molecule has 2 nitrogen and oxygen atoms in total. The van der Waals surface area contributed by atoms with Crippen LogP contribution >= 0.6 is 22.9 Å². The van der Waals surface area contributed by atoms with E-state index in [2.05, 4.69) is 26.0 Å². The van der Waals surface area contributed by atoms with Gasteiger partial charge in [-0.3, -0.25) is 0 Å². The highest BCUT2D eigenvalue weighted by Crippen LogP contribution is 2.28. The molecule has 0 aliphatic heterocycles. The molecule has 0 spiro atoms. The van der Waals surface area contributed by atoms with E-state index >= 15 is 0 Å². The number of hydrogen-bond donors (Lipinski definition) is 0. The van der Waals surface area contributed by atoms with Gasteiger partial charge in [-0.25, -0.2) is 0 Å². The standard InChI is InChI=1S/C17H21ClO2S/c1-3-9-19-14-6-5-13(11-18)17(10-14)20-12-16-8-7-15(4-2)21-16/h5-8,10H,3-4,9,11-12H2,1-2H3. The minimum Gasteiger partial charge on any atom is -0.493 e. The third-order valence-electron chi connectivity index (χ3n) is 3.09. The maximum atomic E-state index is 5.98. The quantitative estimate of drug-likeness (QED) is 0.604. The lowest BCUT2D eigenvalue weighted by Gasteiger charge is -2.12. The zero-order chi connectivity index (χ0) is 15.1. The summed E-state index contributed by atoms with van der Waals surface area (Å²) in [5.74, 6) is 2.08. The molecular formula is C17H21ClO2S. The Morgan fingerprint density at radius 1 is 1.05 bits per heavy atom. The van der Waals surface area contributed by atoms with Gasteiger partial charge in [0.2, 0.25) is 0 Å². The Hall–Kier alpha value is -1.19. The number of rotatable bonds is 8. The molecule has 1 aromatic heterocycles. The van der Waals surface area contributed by atoms with Crippen LogP contribution in [0.2, 0.25) is 0 Å². The lowest BCUT2D eigenvalue weighted by molar-refractivity contribution is 0.295. The second kappa shape index (κ2) is 8.30. The summed E-state index contributed by atoms with van der Waals surface area (Å²) < 4.78 is 11.6. The molecule has 0 unspecified atom stereocenters. The summed E-state index contributed by atoms with van der Waals surface area (Å²) >= 11 is 7.77. The second-order valence-corrected chi connectivity index (χ2v) is 6.28. The maximum Gasteiger partial charge on any atom is 0.127 e. The van der Waals surface area contributed by atoms with Crippen molar-refractivity contribution in [2.24, 2.45) is 0 Å². The van der Waals surface area contributed by atoms with Crippen molar-refractivity contribution >= 4 is 22.9 Å². The van der Waals surface area contributed by atoms with Crippen molar-refractivity contribution < 1.29 is 9.47 Å². The molecule has 0 saturated heterocycles. The number of halogens is 1. The molecule has 0 atom stereocenters. The Balaban J connectivity index is 2.05. The Morgan fingerprint density at radius 2 is 1.86 bits per heavy atom. The van der Waals surface area contributed by atoms with Crippen LogP contribution in [0.5, 0.6) is 11.5 Å². The molecule has 0 N–H and O–H groups in total. The first-order valence-corrected chi connectivity index (χ1v) is 8.64. The van der Waals surface area contributed by atoms with Gasteiger partial charge in [-0.05, 0) is 31.0 Å². The fraction of sp³-hybridized carbons (Fsp3) is 0.412. The van der Waals surface area contributed by atoms with Crippen LogP contribution in [-0.4, -0.2) is 6.61 Å². The molecule has 0 saturated carbocycles. The average Bonchev–Trinajstić information content (AvgIpc) is 2.99. The van der Waals surface area contributed by atoms with Gasteiger partial charge in [0.15, 0.2) is 0 Å². The normalized spacial score (nSPS) is 10.6. The molecule has 0 aliphatic rings. The molecule has 0 fully saturated rings. The molecule has 4 heteroatoms. The number of hydrogen-bond acceptors (Lipinski definition) is 3. The Labute approximate surface area is 135 Å². The van der Waals surface area contributed by atoms with Crippen molar-refractivity contribution in [2.75, 3.05) is 6.61 Å². The van der Waals surface area contributed by atoms with E-state index in [1.807, 2.05) is 18.2 Å². The SMILES string of the molecule is CCCOc1ccc(CCl)c(OCc2ccc(CC)s2)c1. The maximum absolute atomic E-state index is 5.98. The van der Waals surface area contributed by atoms with E-state index in [9.17, 15) is 0 Å². The molecule has 114 valence electrons. The van der Waals surface area contributed by atoms with E-state index in [1.54, 1.807) is 11.3 Å². The Kier molecular flexibility index (Phi) is 6.40. The van der Waals surface area contributed by atoms with Crippen LogP contribution in [0, 0.1) is 0 Å². The van der Waals surface area contributed by atoms with Gasteiger partial charge < -0.3 is 9.47 Å². The van der Waals surface area contributed by atoms with E-state index in [4.69, 9.17) is 21.1 Å². The molecule has 1 heterocycles. The van der Waals surface area contributed by atoms with Crippen molar-refractivity contribution in [2.45, 2.75) is 39.2 Å². The lowest BCUT2D eigenvalue weighted by atomic mass is 10.2. The fourth-order valence-corrected chi connectivity index (χ4v) is 3.02. The summed E-state index contributed by atoms with van der Waals surface area (Å²) in [4.78, 5) is 2.61.